The van der Waals surface area contributed by atoms with Gasteiger partial charge in [0.1, 0.15) is 5.75 Å². The molecule has 0 radical (unpaired) electrons. The lowest BCUT2D eigenvalue weighted by Gasteiger charge is -2.19. The van der Waals surface area contributed by atoms with Gasteiger partial charge in [-0.25, -0.2) is 4.98 Å². The molecule has 2 aromatic rings. The molecule has 16 heavy (non-hydrogen) atoms. The zero-order chi connectivity index (χ0) is 11.0. The number of aromatic nitrogens is 1. The largest absolute Gasteiger partial charge is 0.508 e. The number of hydrogen-bond donors (Lipinski definition) is 2. The summed E-state index contributed by atoms with van der Waals surface area (Å²) in [6.45, 7) is 1.74. The van der Waals surface area contributed by atoms with E-state index in [1.54, 1.807) is 17.4 Å². The van der Waals surface area contributed by atoms with Crippen molar-refractivity contribution in [2.45, 2.75) is 13.0 Å². The fourth-order valence-corrected chi connectivity index (χ4v) is 2.64. The molecule has 82 valence electrons. The van der Waals surface area contributed by atoms with E-state index in [1.807, 2.05) is 10.9 Å². The monoisotopic (exact) mass is 232 g/mol. The first kappa shape index (κ1) is 9.81. The zero-order valence-electron chi connectivity index (χ0n) is 8.73. The van der Waals surface area contributed by atoms with Gasteiger partial charge in [0.2, 0.25) is 0 Å². The molecule has 0 saturated carbocycles. The molecular weight excluding hydrogens is 220 g/mol. The van der Waals surface area contributed by atoms with Crippen LogP contribution in [0.3, 0.4) is 0 Å². The van der Waals surface area contributed by atoms with E-state index in [1.165, 1.54) is 5.56 Å². The molecule has 3 rings (SSSR count). The van der Waals surface area contributed by atoms with Crippen molar-refractivity contribution >= 4 is 11.3 Å². The van der Waals surface area contributed by atoms with E-state index in [0.29, 0.717) is 5.75 Å². The molecule has 0 aliphatic carbocycles. The first-order valence-corrected chi connectivity index (χ1v) is 6.23. The first-order valence-electron chi connectivity index (χ1n) is 5.28. The molecule has 0 unspecified atom stereocenters. The number of phenolic OH excluding ortho intramolecular Hbond substituents is 1. The summed E-state index contributed by atoms with van der Waals surface area (Å²) in [6.07, 6.45) is 0.973. The summed E-state index contributed by atoms with van der Waals surface area (Å²) in [7, 11) is 0. The molecule has 0 saturated heterocycles. The van der Waals surface area contributed by atoms with Gasteiger partial charge in [0.05, 0.1) is 11.2 Å². The van der Waals surface area contributed by atoms with E-state index in [-0.39, 0.29) is 0 Å². The molecular formula is C12H12N2OS. The van der Waals surface area contributed by atoms with Crippen LogP contribution < -0.4 is 5.32 Å². The van der Waals surface area contributed by atoms with Gasteiger partial charge in [0.15, 0.2) is 0 Å². The summed E-state index contributed by atoms with van der Waals surface area (Å²) >= 11 is 1.57. The first-order chi connectivity index (χ1) is 7.84. The van der Waals surface area contributed by atoms with Crippen LogP contribution in [-0.2, 0) is 13.0 Å². The number of benzene rings is 1. The van der Waals surface area contributed by atoms with Crippen LogP contribution in [0.4, 0.5) is 0 Å². The summed E-state index contributed by atoms with van der Waals surface area (Å²) < 4.78 is 0. The SMILES string of the molecule is Oc1cc(-c2cscn2)cc2c1CNCC2. The van der Waals surface area contributed by atoms with Gasteiger partial charge in [-0.05, 0) is 30.7 Å². The Kier molecular flexibility index (Phi) is 2.38. The summed E-state index contributed by atoms with van der Waals surface area (Å²) in [5.41, 5.74) is 6.04. The van der Waals surface area contributed by atoms with Crippen molar-refractivity contribution < 1.29 is 5.11 Å². The molecule has 2 N–H and O–H groups in total. The van der Waals surface area contributed by atoms with E-state index in [4.69, 9.17) is 0 Å². The van der Waals surface area contributed by atoms with Crippen molar-refractivity contribution in [2.75, 3.05) is 6.54 Å². The lowest BCUT2D eigenvalue weighted by atomic mass is 9.96. The maximum absolute atomic E-state index is 9.97. The standard InChI is InChI=1S/C12H12N2OS/c15-12-4-9(11-6-16-7-14-11)3-8-1-2-13-5-10(8)12/h3-4,6-7,13,15H,1-2,5H2. The summed E-state index contributed by atoms with van der Waals surface area (Å²) in [5.74, 6) is 0.382. The number of nitrogens with one attached hydrogen (secondary N) is 1. The van der Waals surface area contributed by atoms with Crippen LogP contribution in [0, 0.1) is 0 Å². The Morgan fingerprint density at radius 1 is 1.38 bits per heavy atom. The highest BCUT2D eigenvalue weighted by molar-refractivity contribution is 7.07. The molecule has 3 nitrogen and oxygen atoms in total. The topological polar surface area (TPSA) is 45.2 Å². The normalized spacial score (nSPS) is 14.8. The van der Waals surface area contributed by atoms with Crippen molar-refractivity contribution in [3.63, 3.8) is 0 Å². The van der Waals surface area contributed by atoms with Gasteiger partial charge in [0.25, 0.3) is 0 Å². The lowest BCUT2D eigenvalue weighted by molar-refractivity contribution is 0.459. The average molecular weight is 232 g/mol. The minimum Gasteiger partial charge on any atom is -0.508 e. The number of hydrogen-bond acceptors (Lipinski definition) is 4. The van der Waals surface area contributed by atoms with Gasteiger partial charge < -0.3 is 10.4 Å². The third-order valence-electron chi connectivity index (χ3n) is 2.92. The zero-order valence-corrected chi connectivity index (χ0v) is 9.55. The van der Waals surface area contributed by atoms with E-state index < -0.39 is 0 Å². The molecule has 4 heteroatoms. The van der Waals surface area contributed by atoms with Crippen LogP contribution in [0.1, 0.15) is 11.1 Å². The van der Waals surface area contributed by atoms with Crippen molar-refractivity contribution in [3.8, 4) is 17.0 Å². The van der Waals surface area contributed by atoms with E-state index in [2.05, 4.69) is 16.4 Å². The highest BCUT2D eigenvalue weighted by atomic mass is 32.1. The third-order valence-corrected chi connectivity index (χ3v) is 3.51. The second kappa shape index (κ2) is 3.88. The van der Waals surface area contributed by atoms with Crippen molar-refractivity contribution in [3.05, 3.63) is 34.2 Å². The van der Waals surface area contributed by atoms with E-state index >= 15 is 0 Å². The van der Waals surface area contributed by atoms with Gasteiger partial charge >= 0.3 is 0 Å². The summed E-state index contributed by atoms with van der Waals surface area (Å²) in [4.78, 5) is 4.27. The Hall–Kier alpha value is -1.39. The molecule has 0 fully saturated rings. The highest BCUT2D eigenvalue weighted by Crippen LogP contribution is 2.31. The Morgan fingerprint density at radius 3 is 3.12 bits per heavy atom. The van der Waals surface area contributed by atoms with Crippen LogP contribution in [0.25, 0.3) is 11.3 Å². The van der Waals surface area contributed by atoms with Crippen molar-refractivity contribution in [1.82, 2.24) is 10.3 Å². The van der Waals surface area contributed by atoms with Crippen LogP contribution in [0.15, 0.2) is 23.0 Å². The predicted molar refractivity (Wildman–Crippen MR) is 64.6 cm³/mol. The fraction of sp³-hybridized carbons (Fsp3) is 0.250. The van der Waals surface area contributed by atoms with E-state index in [9.17, 15) is 5.11 Å². The molecule has 0 spiro atoms. The highest BCUT2D eigenvalue weighted by Gasteiger charge is 2.14. The van der Waals surface area contributed by atoms with Crippen molar-refractivity contribution in [2.24, 2.45) is 0 Å². The maximum atomic E-state index is 9.97. The smallest absolute Gasteiger partial charge is 0.121 e. The number of phenols is 1. The number of fused-ring (bicyclic) bond motifs is 1. The maximum Gasteiger partial charge on any atom is 0.121 e. The number of thiazole rings is 1. The molecule has 1 aromatic carbocycles. The molecule has 1 aliphatic heterocycles. The summed E-state index contributed by atoms with van der Waals surface area (Å²) in [5, 5.41) is 15.2. The van der Waals surface area contributed by atoms with Gasteiger partial charge in [-0.1, -0.05) is 0 Å². The van der Waals surface area contributed by atoms with Crippen LogP contribution in [0.2, 0.25) is 0 Å². The molecule has 1 aliphatic rings. The number of aromatic hydroxyl groups is 1. The fourth-order valence-electron chi connectivity index (χ4n) is 2.08. The molecule has 0 bridgehead atoms. The van der Waals surface area contributed by atoms with Gasteiger partial charge in [-0.2, -0.15) is 0 Å². The van der Waals surface area contributed by atoms with Crippen LogP contribution in [-0.4, -0.2) is 16.6 Å². The lowest BCUT2D eigenvalue weighted by Crippen LogP contribution is -2.23. The number of nitrogens with zero attached hydrogens (tertiary/aromatic N) is 1. The average Bonchev–Trinajstić information content (AvgIpc) is 2.82. The summed E-state index contributed by atoms with van der Waals surface area (Å²) in [6, 6.07) is 3.95. The Morgan fingerprint density at radius 2 is 2.31 bits per heavy atom. The molecule has 0 atom stereocenters. The Bertz CT molecular complexity index is 508. The molecule has 1 aromatic heterocycles. The second-order valence-corrected chi connectivity index (χ2v) is 4.65. The van der Waals surface area contributed by atoms with Gasteiger partial charge in [-0.15, -0.1) is 11.3 Å². The van der Waals surface area contributed by atoms with Gasteiger partial charge in [-0.3, -0.25) is 0 Å². The van der Waals surface area contributed by atoms with Crippen LogP contribution >= 0.6 is 11.3 Å². The predicted octanol–water partition coefficient (Wildman–Crippen LogP) is 2.16. The number of rotatable bonds is 1. The second-order valence-electron chi connectivity index (χ2n) is 3.93. The Balaban J connectivity index is 2.12. The Labute approximate surface area is 97.8 Å². The van der Waals surface area contributed by atoms with Gasteiger partial charge in [0, 0.05) is 23.1 Å². The van der Waals surface area contributed by atoms with Crippen molar-refractivity contribution in [1.29, 1.82) is 0 Å². The minimum atomic E-state index is 0.382. The third kappa shape index (κ3) is 1.60. The van der Waals surface area contributed by atoms with Crippen LogP contribution in [0.5, 0.6) is 5.75 Å². The molecule has 0 amide bonds. The minimum absolute atomic E-state index is 0.382. The van der Waals surface area contributed by atoms with E-state index in [0.717, 1.165) is 36.3 Å². The molecule has 2 heterocycles. The quantitative estimate of drug-likeness (QED) is 0.792.